The zero-order valence-corrected chi connectivity index (χ0v) is 12.9. The number of benzene rings is 1. The van der Waals surface area contributed by atoms with E-state index in [0.29, 0.717) is 17.3 Å². The number of nitrogens with one attached hydrogen (secondary N) is 2. The highest BCUT2D eigenvalue weighted by atomic mass is 35.5. The molecule has 110 valence electrons. The van der Waals surface area contributed by atoms with Crippen molar-refractivity contribution in [2.75, 3.05) is 11.9 Å². The molecule has 1 aromatic carbocycles. The maximum absolute atomic E-state index is 11.9. The second-order valence-electron chi connectivity index (χ2n) is 4.91. The Kier molecular flexibility index (Phi) is 5.31. The van der Waals surface area contributed by atoms with Crippen LogP contribution in [0.25, 0.3) is 0 Å². The Morgan fingerprint density at radius 1 is 1.29 bits per heavy atom. The SMILES string of the molecule is Cc1cc(C)c(NC(=O)CNCc2ccccn2)c(Cl)c1. The fraction of sp³-hybridized carbons (Fsp3) is 0.250. The van der Waals surface area contributed by atoms with Crippen molar-refractivity contribution in [3.8, 4) is 0 Å². The molecule has 2 N–H and O–H groups in total. The van der Waals surface area contributed by atoms with Crippen LogP contribution in [0.2, 0.25) is 5.02 Å². The predicted molar refractivity (Wildman–Crippen MR) is 85.5 cm³/mol. The van der Waals surface area contributed by atoms with Crippen LogP contribution < -0.4 is 10.6 Å². The number of nitrogens with zero attached hydrogens (tertiary/aromatic N) is 1. The van der Waals surface area contributed by atoms with Gasteiger partial charge in [-0.2, -0.15) is 0 Å². The van der Waals surface area contributed by atoms with Gasteiger partial charge in [-0.1, -0.05) is 23.7 Å². The lowest BCUT2D eigenvalue weighted by Crippen LogP contribution is -2.28. The zero-order valence-electron chi connectivity index (χ0n) is 12.1. The van der Waals surface area contributed by atoms with E-state index in [1.54, 1.807) is 6.20 Å². The molecule has 1 aromatic heterocycles. The molecule has 0 aliphatic rings. The molecular weight excluding hydrogens is 286 g/mol. The van der Waals surface area contributed by atoms with Gasteiger partial charge in [0, 0.05) is 12.7 Å². The van der Waals surface area contributed by atoms with E-state index in [4.69, 9.17) is 11.6 Å². The molecular formula is C16H18ClN3O. The summed E-state index contributed by atoms with van der Waals surface area (Å²) in [5.41, 5.74) is 3.60. The minimum atomic E-state index is -0.125. The molecule has 1 amide bonds. The number of amides is 1. The number of anilines is 1. The lowest BCUT2D eigenvalue weighted by atomic mass is 10.1. The molecule has 5 heteroatoms. The van der Waals surface area contributed by atoms with Crippen LogP contribution in [0.3, 0.4) is 0 Å². The van der Waals surface area contributed by atoms with Crippen LogP contribution >= 0.6 is 11.6 Å². The van der Waals surface area contributed by atoms with Crippen LogP contribution in [0, 0.1) is 13.8 Å². The number of carbonyl (C=O) groups excluding carboxylic acids is 1. The van der Waals surface area contributed by atoms with Crippen molar-refractivity contribution < 1.29 is 4.79 Å². The summed E-state index contributed by atoms with van der Waals surface area (Å²) >= 11 is 6.16. The monoisotopic (exact) mass is 303 g/mol. The molecule has 0 spiro atoms. The van der Waals surface area contributed by atoms with Gasteiger partial charge in [-0.25, -0.2) is 0 Å². The largest absolute Gasteiger partial charge is 0.323 e. The first kappa shape index (κ1) is 15.5. The summed E-state index contributed by atoms with van der Waals surface area (Å²) in [4.78, 5) is 16.1. The van der Waals surface area contributed by atoms with Crippen molar-refractivity contribution in [1.82, 2.24) is 10.3 Å². The van der Waals surface area contributed by atoms with Crippen LogP contribution in [0.4, 0.5) is 5.69 Å². The first-order valence-electron chi connectivity index (χ1n) is 6.73. The third-order valence-electron chi connectivity index (χ3n) is 3.01. The van der Waals surface area contributed by atoms with E-state index in [1.807, 2.05) is 44.2 Å². The van der Waals surface area contributed by atoms with Gasteiger partial charge in [0.1, 0.15) is 0 Å². The first-order chi connectivity index (χ1) is 10.1. The van der Waals surface area contributed by atoms with E-state index in [-0.39, 0.29) is 12.5 Å². The summed E-state index contributed by atoms with van der Waals surface area (Å²) < 4.78 is 0. The number of carbonyl (C=O) groups is 1. The quantitative estimate of drug-likeness (QED) is 0.892. The Morgan fingerprint density at radius 3 is 2.76 bits per heavy atom. The van der Waals surface area contributed by atoms with E-state index in [9.17, 15) is 4.79 Å². The van der Waals surface area contributed by atoms with Gasteiger partial charge in [-0.3, -0.25) is 9.78 Å². The fourth-order valence-corrected chi connectivity index (χ4v) is 2.43. The smallest absolute Gasteiger partial charge is 0.238 e. The Bertz CT molecular complexity index is 606. The Hall–Kier alpha value is -1.91. The number of hydrogen-bond donors (Lipinski definition) is 2. The van der Waals surface area contributed by atoms with Crippen LogP contribution in [-0.2, 0) is 11.3 Å². The van der Waals surface area contributed by atoms with Crippen LogP contribution in [-0.4, -0.2) is 17.4 Å². The van der Waals surface area contributed by atoms with Crippen molar-refractivity contribution >= 4 is 23.2 Å². The highest BCUT2D eigenvalue weighted by Crippen LogP contribution is 2.27. The van der Waals surface area contributed by atoms with E-state index >= 15 is 0 Å². The summed E-state index contributed by atoms with van der Waals surface area (Å²) in [6.07, 6.45) is 1.73. The molecule has 0 radical (unpaired) electrons. The van der Waals surface area contributed by atoms with Crippen LogP contribution in [0.5, 0.6) is 0 Å². The van der Waals surface area contributed by atoms with Crippen LogP contribution in [0.15, 0.2) is 36.5 Å². The Balaban J connectivity index is 1.88. The Morgan fingerprint density at radius 2 is 2.10 bits per heavy atom. The average Bonchev–Trinajstić information content (AvgIpc) is 2.44. The van der Waals surface area contributed by atoms with Gasteiger partial charge >= 0.3 is 0 Å². The highest BCUT2D eigenvalue weighted by Gasteiger charge is 2.09. The minimum absolute atomic E-state index is 0.125. The predicted octanol–water partition coefficient (Wildman–Crippen LogP) is 3.08. The maximum Gasteiger partial charge on any atom is 0.238 e. The molecule has 0 bridgehead atoms. The third-order valence-corrected chi connectivity index (χ3v) is 3.31. The van der Waals surface area contributed by atoms with Crippen LogP contribution in [0.1, 0.15) is 16.8 Å². The summed E-state index contributed by atoms with van der Waals surface area (Å²) in [5.74, 6) is -0.125. The molecule has 0 unspecified atom stereocenters. The molecule has 0 aliphatic carbocycles. The standard InChI is InChI=1S/C16H18ClN3O/c1-11-7-12(2)16(14(17)8-11)20-15(21)10-18-9-13-5-3-4-6-19-13/h3-8,18H,9-10H2,1-2H3,(H,20,21). The van der Waals surface area contributed by atoms with Gasteiger partial charge in [0.25, 0.3) is 0 Å². The third kappa shape index (κ3) is 4.55. The summed E-state index contributed by atoms with van der Waals surface area (Å²) in [6, 6.07) is 9.51. The lowest BCUT2D eigenvalue weighted by molar-refractivity contribution is -0.115. The summed E-state index contributed by atoms with van der Waals surface area (Å²) in [7, 11) is 0. The number of pyridine rings is 1. The topological polar surface area (TPSA) is 54.0 Å². The van der Waals surface area contributed by atoms with Gasteiger partial charge in [0.15, 0.2) is 0 Å². The number of hydrogen-bond acceptors (Lipinski definition) is 3. The maximum atomic E-state index is 11.9. The average molecular weight is 304 g/mol. The Labute approximate surface area is 129 Å². The number of rotatable bonds is 5. The van der Waals surface area contributed by atoms with Crippen molar-refractivity contribution in [2.24, 2.45) is 0 Å². The molecule has 0 atom stereocenters. The van der Waals surface area contributed by atoms with Gasteiger partial charge < -0.3 is 10.6 Å². The van der Waals surface area contributed by atoms with Crippen molar-refractivity contribution in [2.45, 2.75) is 20.4 Å². The zero-order chi connectivity index (χ0) is 15.2. The molecule has 2 aromatic rings. The van der Waals surface area contributed by atoms with Gasteiger partial charge in [0.05, 0.1) is 22.9 Å². The van der Waals surface area contributed by atoms with E-state index in [2.05, 4.69) is 15.6 Å². The molecule has 0 saturated carbocycles. The molecule has 4 nitrogen and oxygen atoms in total. The number of halogens is 1. The fourth-order valence-electron chi connectivity index (χ4n) is 2.06. The van der Waals surface area contributed by atoms with Crippen molar-refractivity contribution in [3.63, 3.8) is 0 Å². The van der Waals surface area contributed by atoms with Gasteiger partial charge in [0.2, 0.25) is 5.91 Å². The number of aryl methyl sites for hydroxylation is 2. The van der Waals surface area contributed by atoms with Crippen molar-refractivity contribution in [3.05, 3.63) is 58.4 Å². The molecule has 0 aliphatic heterocycles. The van der Waals surface area contributed by atoms with E-state index < -0.39 is 0 Å². The second kappa shape index (κ2) is 7.20. The normalized spacial score (nSPS) is 10.4. The minimum Gasteiger partial charge on any atom is -0.323 e. The number of aromatic nitrogens is 1. The summed E-state index contributed by atoms with van der Waals surface area (Å²) in [6.45, 7) is 4.66. The second-order valence-corrected chi connectivity index (χ2v) is 5.32. The van der Waals surface area contributed by atoms with Gasteiger partial charge in [-0.15, -0.1) is 0 Å². The molecule has 0 saturated heterocycles. The van der Waals surface area contributed by atoms with Crippen molar-refractivity contribution in [1.29, 1.82) is 0 Å². The van der Waals surface area contributed by atoms with Gasteiger partial charge in [-0.05, 0) is 43.2 Å². The molecule has 21 heavy (non-hydrogen) atoms. The molecule has 1 heterocycles. The lowest BCUT2D eigenvalue weighted by Gasteiger charge is -2.12. The molecule has 0 fully saturated rings. The van der Waals surface area contributed by atoms with E-state index in [0.717, 1.165) is 16.8 Å². The summed E-state index contributed by atoms with van der Waals surface area (Å²) in [5, 5.41) is 6.45. The first-order valence-corrected chi connectivity index (χ1v) is 7.11. The molecule has 2 rings (SSSR count). The van der Waals surface area contributed by atoms with E-state index in [1.165, 1.54) is 0 Å². The highest BCUT2D eigenvalue weighted by molar-refractivity contribution is 6.34.